The number of benzene rings is 1. The summed E-state index contributed by atoms with van der Waals surface area (Å²) in [5, 5.41) is 0. The van der Waals surface area contributed by atoms with Crippen molar-refractivity contribution < 1.29 is 14.3 Å². The quantitative estimate of drug-likeness (QED) is 0.489. The van der Waals surface area contributed by atoms with Crippen molar-refractivity contribution in [3.8, 4) is 5.75 Å². The lowest BCUT2D eigenvalue weighted by molar-refractivity contribution is 0.0154. The Morgan fingerprint density at radius 3 is 2.37 bits per heavy atom. The molecule has 4 N–H and O–H groups in total. The normalized spacial score (nSPS) is 9.89. The van der Waals surface area contributed by atoms with E-state index in [1.165, 1.54) is 12.1 Å². The van der Waals surface area contributed by atoms with Crippen molar-refractivity contribution in [2.24, 2.45) is 0 Å². The van der Waals surface area contributed by atoms with Gasteiger partial charge in [0.25, 0.3) is 0 Å². The van der Waals surface area contributed by atoms with Crippen LogP contribution in [0.15, 0.2) is 42.7 Å². The third kappa shape index (κ3) is 3.60. The first-order valence-electron chi connectivity index (χ1n) is 5.51. The molecule has 0 atom stereocenters. The van der Waals surface area contributed by atoms with Gasteiger partial charge in [0.1, 0.15) is 5.75 Å². The van der Waals surface area contributed by atoms with Crippen molar-refractivity contribution in [1.29, 1.82) is 0 Å². The molecule has 0 saturated carbocycles. The van der Waals surface area contributed by atoms with E-state index < -0.39 is 5.97 Å². The summed E-state index contributed by atoms with van der Waals surface area (Å²) in [6, 6.07) is 7.86. The van der Waals surface area contributed by atoms with Crippen molar-refractivity contribution >= 4 is 17.3 Å². The average Bonchev–Trinajstić information content (AvgIpc) is 2.38. The minimum Gasteiger partial charge on any atom is -0.457 e. The van der Waals surface area contributed by atoms with Gasteiger partial charge in [-0.1, -0.05) is 0 Å². The molecule has 0 radical (unpaired) electrons. The Morgan fingerprint density at radius 1 is 1.11 bits per heavy atom. The number of aromatic nitrogens is 1. The van der Waals surface area contributed by atoms with Gasteiger partial charge in [-0.25, -0.2) is 4.79 Å². The zero-order chi connectivity index (χ0) is 13.7. The smallest absolute Gasteiger partial charge is 0.341 e. The van der Waals surface area contributed by atoms with E-state index in [9.17, 15) is 4.79 Å². The minimum atomic E-state index is -0.548. The maximum atomic E-state index is 11.7. The topological polar surface area (TPSA) is 100 Å². The van der Waals surface area contributed by atoms with Crippen LogP contribution in [0, 0.1) is 0 Å². The van der Waals surface area contributed by atoms with E-state index in [0.29, 0.717) is 17.1 Å². The first-order valence-corrected chi connectivity index (χ1v) is 5.51. The monoisotopic (exact) mass is 259 g/mol. The van der Waals surface area contributed by atoms with E-state index >= 15 is 0 Å². The van der Waals surface area contributed by atoms with E-state index in [0.717, 1.165) is 0 Å². The minimum absolute atomic E-state index is 0.197. The second-order valence-corrected chi connectivity index (χ2v) is 3.77. The summed E-state index contributed by atoms with van der Waals surface area (Å²) in [7, 11) is 0. The number of esters is 1. The van der Waals surface area contributed by atoms with E-state index in [1.54, 1.807) is 30.6 Å². The molecule has 0 amide bonds. The largest absolute Gasteiger partial charge is 0.457 e. The second kappa shape index (κ2) is 5.72. The summed E-state index contributed by atoms with van der Waals surface area (Å²) in [5.41, 5.74) is 12.3. The number of nitrogens with two attached hydrogens (primary N) is 2. The number of hydrogen-bond donors (Lipinski definition) is 2. The fraction of sp³-hybridized carbons (Fsp3) is 0.0769. The van der Waals surface area contributed by atoms with Crippen LogP contribution in [0.25, 0.3) is 0 Å². The highest BCUT2D eigenvalue weighted by Gasteiger charge is 2.08. The predicted molar refractivity (Wildman–Crippen MR) is 70.4 cm³/mol. The number of hydrogen-bond acceptors (Lipinski definition) is 6. The Bertz CT molecular complexity index is 552. The lowest BCUT2D eigenvalue weighted by Gasteiger charge is -2.08. The molecule has 0 aliphatic rings. The molecule has 1 heterocycles. The molecule has 19 heavy (non-hydrogen) atoms. The number of anilines is 2. The van der Waals surface area contributed by atoms with Crippen LogP contribution in [-0.2, 0) is 4.74 Å². The Kier molecular flexibility index (Phi) is 3.82. The Morgan fingerprint density at radius 2 is 1.74 bits per heavy atom. The summed E-state index contributed by atoms with van der Waals surface area (Å²) in [5.74, 6) is 0.0166. The van der Waals surface area contributed by atoms with Gasteiger partial charge in [-0.15, -0.1) is 0 Å². The zero-order valence-corrected chi connectivity index (χ0v) is 10.1. The molecular formula is C13H13N3O3. The van der Waals surface area contributed by atoms with Crippen molar-refractivity contribution in [2.75, 3.05) is 18.3 Å². The highest BCUT2D eigenvalue weighted by Crippen LogP contribution is 2.14. The first kappa shape index (κ1) is 12.7. The highest BCUT2D eigenvalue weighted by atomic mass is 16.7. The van der Waals surface area contributed by atoms with Gasteiger partial charge in [-0.3, -0.25) is 4.98 Å². The van der Waals surface area contributed by atoms with Crippen molar-refractivity contribution in [3.05, 3.63) is 48.3 Å². The fourth-order valence-electron chi connectivity index (χ4n) is 1.46. The SMILES string of the molecule is Nc1cc(N)cc(C(=O)OCOc2ccncc2)c1. The van der Waals surface area contributed by atoms with Gasteiger partial charge in [0.15, 0.2) is 0 Å². The van der Waals surface area contributed by atoms with Gasteiger partial charge >= 0.3 is 5.97 Å². The van der Waals surface area contributed by atoms with Crippen LogP contribution in [0.3, 0.4) is 0 Å². The van der Waals surface area contributed by atoms with Crippen LogP contribution in [0.5, 0.6) is 5.75 Å². The van der Waals surface area contributed by atoms with E-state index in [2.05, 4.69) is 4.98 Å². The fourth-order valence-corrected chi connectivity index (χ4v) is 1.46. The summed E-state index contributed by atoms with van der Waals surface area (Å²) < 4.78 is 10.2. The summed E-state index contributed by atoms with van der Waals surface area (Å²) in [6.07, 6.45) is 3.16. The molecule has 1 aromatic carbocycles. The number of nitrogen functional groups attached to an aromatic ring is 2. The molecule has 6 nitrogen and oxygen atoms in total. The molecule has 0 aliphatic heterocycles. The third-order valence-corrected chi connectivity index (χ3v) is 2.28. The van der Waals surface area contributed by atoms with Gasteiger partial charge < -0.3 is 20.9 Å². The lowest BCUT2D eigenvalue weighted by atomic mass is 10.2. The molecule has 1 aromatic heterocycles. The van der Waals surface area contributed by atoms with Crippen LogP contribution in [0.2, 0.25) is 0 Å². The van der Waals surface area contributed by atoms with Gasteiger partial charge in [0.2, 0.25) is 6.79 Å². The van der Waals surface area contributed by atoms with Gasteiger partial charge in [0, 0.05) is 23.8 Å². The van der Waals surface area contributed by atoms with Crippen molar-refractivity contribution in [1.82, 2.24) is 4.98 Å². The van der Waals surface area contributed by atoms with Crippen LogP contribution in [0.1, 0.15) is 10.4 Å². The molecule has 2 rings (SSSR count). The number of pyridine rings is 1. The van der Waals surface area contributed by atoms with Gasteiger partial charge in [-0.2, -0.15) is 0 Å². The predicted octanol–water partition coefficient (Wildman–Crippen LogP) is 1.44. The number of carbonyl (C=O) groups excluding carboxylic acids is 1. The Labute approximate surface area is 110 Å². The number of nitrogens with zero attached hydrogens (tertiary/aromatic N) is 1. The van der Waals surface area contributed by atoms with Crippen LogP contribution in [-0.4, -0.2) is 17.7 Å². The van der Waals surface area contributed by atoms with Gasteiger partial charge in [-0.05, 0) is 30.3 Å². The molecule has 0 bridgehead atoms. The molecule has 6 heteroatoms. The van der Waals surface area contributed by atoms with Crippen molar-refractivity contribution in [2.45, 2.75) is 0 Å². The maximum Gasteiger partial charge on any atom is 0.341 e. The molecule has 0 unspecified atom stereocenters. The van der Waals surface area contributed by atoms with Crippen LogP contribution >= 0.6 is 0 Å². The molecule has 0 fully saturated rings. The molecule has 0 saturated heterocycles. The number of carbonyl (C=O) groups is 1. The molecule has 2 aromatic rings. The standard InChI is InChI=1S/C13H13N3O3/c14-10-5-9(6-11(15)7-10)13(17)19-8-18-12-1-3-16-4-2-12/h1-7H,8,14-15H2. The van der Waals surface area contributed by atoms with Crippen LogP contribution < -0.4 is 16.2 Å². The zero-order valence-electron chi connectivity index (χ0n) is 10.1. The third-order valence-electron chi connectivity index (χ3n) is 2.28. The lowest BCUT2D eigenvalue weighted by Crippen LogP contribution is -2.11. The van der Waals surface area contributed by atoms with Crippen LogP contribution in [0.4, 0.5) is 11.4 Å². The van der Waals surface area contributed by atoms with Gasteiger partial charge in [0.05, 0.1) is 5.56 Å². The van der Waals surface area contributed by atoms with E-state index in [-0.39, 0.29) is 12.4 Å². The van der Waals surface area contributed by atoms with E-state index in [1.807, 2.05) is 0 Å². The average molecular weight is 259 g/mol. The molecule has 98 valence electrons. The Balaban J connectivity index is 1.91. The number of ether oxygens (including phenoxy) is 2. The number of rotatable bonds is 4. The summed E-state index contributed by atoms with van der Waals surface area (Å²) in [6.45, 7) is -0.197. The summed E-state index contributed by atoms with van der Waals surface area (Å²) in [4.78, 5) is 15.6. The Hall–Kier alpha value is -2.76. The molecular weight excluding hydrogens is 246 g/mol. The maximum absolute atomic E-state index is 11.7. The first-order chi connectivity index (χ1) is 9.15. The molecule has 0 aliphatic carbocycles. The summed E-state index contributed by atoms with van der Waals surface area (Å²) >= 11 is 0. The van der Waals surface area contributed by atoms with Crippen molar-refractivity contribution in [3.63, 3.8) is 0 Å². The highest BCUT2D eigenvalue weighted by molar-refractivity contribution is 5.91. The molecule has 0 spiro atoms. The second-order valence-electron chi connectivity index (χ2n) is 3.77. The van der Waals surface area contributed by atoms with E-state index in [4.69, 9.17) is 20.9 Å².